The summed E-state index contributed by atoms with van der Waals surface area (Å²) in [5.41, 5.74) is 3.03. The van der Waals surface area contributed by atoms with Crippen LogP contribution in [0.1, 0.15) is 15.9 Å². The van der Waals surface area contributed by atoms with E-state index in [9.17, 15) is 13.2 Å². The zero-order valence-corrected chi connectivity index (χ0v) is 19.1. The van der Waals surface area contributed by atoms with Crippen molar-refractivity contribution in [3.05, 3.63) is 90.4 Å². The molecule has 33 heavy (non-hydrogen) atoms. The molecule has 0 aliphatic carbocycles. The second-order valence-electron chi connectivity index (χ2n) is 8.17. The van der Waals surface area contributed by atoms with E-state index >= 15 is 0 Å². The first-order valence-electron chi connectivity index (χ1n) is 10.8. The van der Waals surface area contributed by atoms with E-state index < -0.39 is 10.0 Å². The first-order chi connectivity index (χ1) is 15.9. The van der Waals surface area contributed by atoms with Crippen LogP contribution in [-0.2, 0) is 10.0 Å². The molecule has 8 heteroatoms. The number of carbonyl (C=O) groups excluding carboxylic acids is 1. The Bertz CT molecular complexity index is 1410. The predicted molar refractivity (Wildman–Crippen MR) is 127 cm³/mol. The molecule has 0 atom stereocenters. The second-order valence-corrected chi connectivity index (χ2v) is 10.1. The molecule has 1 amide bonds. The van der Waals surface area contributed by atoms with Crippen molar-refractivity contribution >= 4 is 26.8 Å². The number of fused-ring (bicyclic) bond motifs is 1. The van der Waals surface area contributed by atoms with Gasteiger partial charge in [0.15, 0.2) is 0 Å². The van der Waals surface area contributed by atoms with Gasteiger partial charge in [-0.2, -0.15) is 4.31 Å². The maximum absolute atomic E-state index is 13.4. The van der Waals surface area contributed by atoms with Crippen LogP contribution in [0.2, 0.25) is 0 Å². The lowest BCUT2D eigenvalue weighted by atomic mass is 10.1. The van der Waals surface area contributed by atoms with Crippen LogP contribution in [0.5, 0.6) is 0 Å². The van der Waals surface area contributed by atoms with Gasteiger partial charge in [0.25, 0.3) is 5.91 Å². The van der Waals surface area contributed by atoms with E-state index in [-0.39, 0.29) is 23.9 Å². The molecule has 2 aromatic carbocycles. The smallest absolute Gasteiger partial charge is 0.253 e. The van der Waals surface area contributed by atoms with E-state index in [1.807, 2.05) is 72.4 Å². The van der Waals surface area contributed by atoms with Crippen LogP contribution >= 0.6 is 0 Å². The molecule has 2 aromatic heterocycles. The van der Waals surface area contributed by atoms with Gasteiger partial charge >= 0.3 is 0 Å². The molecule has 4 aromatic rings. The zero-order valence-electron chi connectivity index (χ0n) is 18.3. The highest BCUT2D eigenvalue weighted by Crippen LogP contribution is 2.26. The molecule has 1 fully saturated rings. The van der Waals surface area contributed by atoms with Gasteiger partial charge in [-0.25, -0.2) is 8.42 Å². The minimum atomic E-state index is -3.72. The number of aromatic nitrogens is 2. The Morgan fingerprint density at radius 1 is 0.909 bits per heavy atom. The number of rotatable bonds is 4. The van der Waals surface area contributed by atoms with Gasteiger partial charge in [-0.3, -0.25) is 9.78 Å². The number of para-hydroxylation sites is 1. The van der Waals surface area contributed by atoms with Gasteiger partial charge in [-0.15, -0.1) is 0 Å². The first-order valence-corrected chi connectivity index (χ1v) is 12.3. The molecule has 168 valence electrons. The van der Waals surface area contributed by atoms with Crippen molar-refractivity contribution in [2.75, 3.05) is 26.2 Å². The topological polar surface area (TPSA) is 75.5 Å². The highest BCUT2D eigenvalue weighted by Gasteiger charge is 2.31. The minimum absolute atomic E-state index is 0.0894. The fourth-order valence-electron chi connectivity index (χ4n) is 4.19. The Balaban J connectivity index is 1.30. The summed E-state index contributed by atoms with van der Waals surface area (Å²) in [6.07, 6.45) is 5.58. The van der Waals surface area contributed by atoms with Crippen molar-refractivity contribution in [2.45, 2.75) is 11.8 Å². The maximum atomic E-state index is 13.4. The summed E-state index contributed by atoms with van der Waals surface area (Å²) in [6.45, 7) is 3.11. The van der Waals surface area contributed by atoms with E-state index in [0.717, 1.165) is 16.6 Å². The van der Waals surface area contributed by atoms with E-state index in [1.54, 1.807) is 23.2 Å². The van der Waals surface area contributed by atoms with Crippen LogP contribution in [0, 0.1) is 6.92 Å². The molecule has 1 saturated heterocycles. The Kier molecular flexibility index (Phi) is 5.47. The van der Waals surface area contributed by atoms with Crippen molar-refractivity contribution in [3.63, 3.8) is 0 Å². The molecule has 0 bridgehead atoms. The molecule has 0 saturated carbocycles. The molecule has 7 nitrogen and oxygen atoms in total. The molecular weight excluding hydrogens is 436 g/mol. The lowest BCUT2D eigenvalue weighted by Gasteiger charge is -2.34. The summed E-state index contributed by atoms with van der Waals surface area (Å²) in [7, 11) is -3.72. The number of hydrogen-bond acceptors (Lipinski definition) is 4. The van der Waals surface area contributed by atoms with Crippen molar-refractivity contribution < 1.29 is 13.2 Å². The number of piperazine rings is 1. The SMILES string of the molecule is Cc1cnc2c(S(=O)(=O)N3CCN(C(=O)c4ccc(-n5cccc5)cc4)CC3)cccc2c1. The highest BCUT2D eigenvalue weighted by molar-refractivity contribution is 7.89. The predicted octanol–water partition coefficient (Wildman–Crippen LogP) is 3.48. The number of sulfonamides is 1. The molecule has 0 radical (unpaired) electrons. The Morgan fingerprint density at radius 2 is 1.61 bits per heavy atom. The van der Waals surface area contributed by atoms with Gasteiger partial charge in [0.2, 0.25) is 10.0 Å². The summed E-state index contributed by atoms with van der Waals surface area (Å²) in [5.74, 6) is -0.0894. The van der Waals surface area contributed by atoms with E-state index in [2.05, 4.69) is 4.98 Å². The summed E-state index contributed by atoms with van der Waals surface area (Å²) in [6, 6.07) is 18.5. The summed E-state index contributed by atoms with van der Waals surface area (Å²) >= 11 is 0. The summed E-state index contributed by atoms with van der Waals surface area (Å²) in [4.78, 5) is 19.3. The van der Waals surface area contributed by atoms with Crippen LogP contribution in [0.3, 0.4) is 0 Å². The Labute approximate surface area is 192 Å². The average Bonchev–Trinajstić information content (AvgIpc) is 3.38. The van der Waals surface area contributed by atoms with Crippen LogP contribution < -0.4 is 0 Å². The van der Waals surface area contributed by atoms with Gasteiger partial charge in [0.05, 0.1) is 5.52 Å². The third-order valence-electron chi connectivity index (χ3n) is 5.97. The van der Waals surface area contributed by atoms with Crippen LogP contribution in [-0.4, -0.2) is 59.3 Å². The Hall–Kier alpha value is -3.49. The molecule has 0 N–H and O–H groups in total. The fourth-order valence-corrected chi connectivity index (χ4v) is 5.77. The van der Waals surface area contributed by atoms with Gasteiger partial charge in [0.1, 0.15) is 4.90 Å². The third-order valence-corrected chi connectivity index (χ3v) is 7.90. The highest BCUT2D eigenvalue weighted by atomic mass is 32.2. The third kappa shape index (κ3) is 4.03. The van der Waals surface area contributed by atoms with E-state index in [1.165, 1.54) is 4.31 Å². The average molecular weight is 461 g/mol. The van der Waals surface area contributed by atoms with Gasteiger partial charge in [-0.1, -0.05) is 12.1 Å². The number of pyridine rings is 1. The van der Waals surface area contributed by atoms with Crippen molar-refractivity contribution in [2.24, 2.45) is 0 Å². The Morgan fingerprint density at radius 3 is 2.30 bits per heavy atom. The molecule has 0 spiro atoms. The van der Waals surface area contributed by atoms with E-state index in [4.69, 9.17) is 0 Å². The number of amides is 1. The standard InChI is InChI=1S/C25H24N4O3S/c1-19-17-21-5-4-6-23(24(21)26-18-19)33(31,32)29-15-13-28(14-16-29)25(30)20-7-9-22(10-8-20)27-11-2-3-12-27/h2-12,17-18H,13-16H2,1H3. The minimum Gasteiger partial charge on any atom is -0.336 e. The monoisotopic (exact) mass is 460 g/mol. The zero-order chi connectivity index (χ0) is 23.0. The number of aryl methyl sites for hydroxylation is 1. The first kappa shape index (κ1) is 21.4. The van der Waals surface area contributed by atoms with Crippen molar-refractivity contribution in [1.29, 1.82) is 0 Å². The molecular formula is C25H24N4O3S. The van der Waals surface area contributed by atoms with Crippen molar-refractivity contribution in [3.8, 4) is 5.69 Å². The number of benzene rings is 2. The lowest BCUT2D eigenvalue weighted by molar-refractivity contribution is 0.0698. The molecule has 0 unspecified atom stereocenters. The van der Waals surface area contributed by atoms with E-state index in [0.29, 0.717) is 24.2 Å². The number of nitrogens with zero attached hydrogens (tertiary/aromatic N) is 4. The summed E-state index contributed by atoms with van der Waals surface area (Å²) < 4.78 is 30.1. The molecule has 1 aliphatic rings. The van der Waals surface area contributed by atoms with Crippen LogP contribution in [0.25, 0.3) is 16.6 Å². The van der Waals surface area contributed by atoms with Crippen LogP contribution in [0.4, 0.5) is 0 Å². The maximum Gasteiger partial charge on any atom is 0.253 e. The molecule has 5 rings (SSSR count). The van der Waals surface area contributed by atoms with Crippen molar-refractivity contribution in [1.82, 2.24) is 18.8 Å². The van der Waals surface area contributed by atoms with Crippen LogP contribution in [0.15, 0.2) is 84.1 Å². The quantitative estimate of drug-likeness (QED) is 0.467. The summed E-state index contributed by atoms with van der Waals surface area (Å²) in [5, 5.41) is 0.799. The molecule has 3 heterocycles. The fraction of sp³-hybridized carbons (Fsp3) is 0.200. The normalized spacial score (nSPS) is 15.1. The second kappa shape index (κ2) is 8.46. The lowest BCUT2D eigenvalue weighted by Crippen LogP contribution is -2.50. The largest absolute Gasteiger partial charge is 0.336 e. The van der Waals surface area contributed by atoms with Gasteiger partial charge < -0.3 is 9.47 Å². The number of hydrogen-bond donors (Lipinski definition) is 0. The van der Waals surface area contributed by atoms with Gasteiger partial charge in [0, 0.05) is 61.4 Å². The van der Waals surface area contributed by atoms with Gasteiger partial charge in [-0.05, 0) is 61.0 Å². The number of carbonyl (C=O) groups is 1. The molecule has 1 aliphatic heterocycles.